The fourth-order valence-corrected chi connectivity index (χ4v) is 3.75. The molecule has 0 atom stereocenters. The molecular formula is C16H21BrN2S. The molecule has 2 nitrogen and oxygen atoms in total. The zero-order valence-electron chi connectivity index (χ0n) is 12.2. The number of nitrogens with zero attached hydrogens (tertiary/aromatic N) is 1. The maximum absolute atomic E-state index is 3.62. The van der Waals surface area contributed by atoms with Gasteiger partial charge in [0, 0.05) is 33.9 Å². The zero-order chi connectivity index (χ0) is 14.5. The number of thiophene rings is 1. The summed E-state index contributed by atoms with van der Waals surface area (Å²) in [6.07, 6.45) is 0. The molecule has 0 aliphatic carbocycles. The number of hydrogen-bond donors (Lipinski definition) is 1. The van der Waals surface area contributed by atoms with Gasteiger partial charge in [0.2, 0.25) is 0 Å². The number of nitrogens with one attached hydrogen (secondary N) is 1. The van der Waals surface area contributed by atoms with Gasteiger partial charge in [-0.1, -0.05) is 34.1 Å². The van der Waals surface area contributed by atoms with Crippen molar-refractivity contribution in [2.24, 2.45) is 0 Å². The molecule has 0 spiro atoms. The second-order valence-corrected chi connectivity index (χ2v) is 7.28. The smallest absolute Gasteiger partial charge is 0.0296 e. The molecule has 0 aliphatic heterocycles. The van der Waals surface area contributed by atoms with Crippen LogP contribution in [0.5, 0.6) is 0 Å². The highest BCUT2D eigenvalue weighted by Gasteiger charge is 2.09. The predicted molar refractivity (Wildman–Crippen MR) is 91.1 cm³/mol. The molecule has 0 fully saturated rings. The standard InChI is InChI=1S/C16H21BrN2S/c1-12-14(8-15(20-12)9-18-2)11-19(3)10-13-6-4-5-7-16(13)17/h4-8,18H,9-11H2,1-3H3. The van der Waals surface area contributed by atoms with Crippen LogP contribution in [0.4, 0.5) is 0 Å². The highest BCUT2D eigenvalue weighted by Crippen LogP contribution is 2.24. The van der Waals surface area contributed by atoms with Gasteiger partial charge in [0.05, 0.1) is 0 Å². The van der Waals surface area contributed by atoms with Crippen LogP contribution in [0.25, 0.3) is 0 Å². The average molecular weight is 353 g/mol. The van der Waals surface area contributed by atoms with Crippen molar-refractivity contribution in [2.45, 2.75) is 26.6 Å². The van der Waals surface area contributed by atoms with E-state index in [9.17, 15) is 0 Å². The second-order valence-electron chi connectivity index (χ2n) is 5.09. The van der Waals surface area contributed by atoms with E-state index in [4.69, 9.17) is 0 Å². The van der Waals surface area contributed by atoms with Crippen molar-refractivity contribution in [2.75, 3.05) is 14.1 Å². The number of halogens is 1. The third-order valence-corrected chi connectivity index (χ3v) is 5.13. The molecule has 1 heterocycles. The highest BCUT2D eigenvalue weighted by atomic mass is 79.9. The lowest BCUT2D eigenvalue weighted by Crippen LogP contribution is -2.17. The van der Waals surface area contributed by atoms with Crippen LogP contribution in [0.2, 0.25) is 0 Å². The van der Waals surface area contributed by atoms with Crippen LogP contribution in [0.15, 0.2) is 34.8 Å². The predicted octanol–water partition coefficient (Wildman–Crippen LogP) is 4.17. The summed E-state index contributed by atoms with van der Waals surface area (Å²) in [5, 5.41) is 3.22. The van der Waals surface area contributed by atoms with E-state index in [-0.39, 0.29) is 0 Å². The second kappa shape index (κ2) is 7.36. The van der Waals surface area contributed by atoms with Crippen molar-refractivity contribution in [3.63, 3.8) is 0 Å². The molecule has 2 aromatic rings. The number of aryl methyl sites for hydroxylation is 1. The number of rotatable bonds is 6. The summed E-state index contributed by atoms with van der Waals surface area (Å²) in [6.45, 7) is 5.12. The Balaban J connectivity index is 2.01. The van der Waals surface area contributed by atoms with Crippen molar-refractivity contribution in [1.82, 2.24) is 10.2 Å². The molecule has 0 amide bonds. The van der Waals surface area contributed by atoms with Gasteiger partial charge in [-0.05, 0) is 44.3 Å². The molecule has 1 aromatic carbocycles. The normalized spacial score (nSPS) is 11.2. The lowest BCUT2D eigenvalue weighted by molar-refractivity contribution is 0.318. The minimum atomic E-state index is 0.956. The monoisotopic (exact) mass is 352 g/mol. The Kier molecular flexibility index (Phi) is 5.78. The van der Waals surface area contributed by atoms with Gasteiger partial charge < -0.3 is 5.32 Å². The van der Waals surface area contributed by atoms with E-state index >= 15 is 0 Å². The molecule has 1 aromatic heterocycles. The van der Waals surface area contributed by atoms with E-state index < -0.39 is 0 Å². The third-order valence-electron chi connectivity index (χ3n) is 3.26. The summed E-state index contributed by atoms with van der Waals surface area (Å²) < 4.78 is 1.18. The van der Waals surface area contributed by atoms with Gasteiger partial charge in [-0.2, -0.15) is 0 Å². The Morgan fingerprint density at radius 1 is 1.20 bits per heavy atom. The Morgan fingerprint density at radius 2 is 1.90 bits per heavy atom. The molecule has 0 saturated heterocycles. The molecule has 0 bridgehead atoms. The fourth-order valence-electron chi connectivity index (χ4n) is 2.27. The molecule has 0 radical (unpaired) electrons. The van der Waals surface area contributed by atoms with Gasteiger partial charge in [-0.15, -0.1) is 11.3 Å². The molecular weight excluding hydrogens is 332 g/mol. The van der Waals surface area contributed by atoms with Crippen molar-refractivity contribution < 1.29 is 0 Å². The zero-order valence-corrected chi connectivity index (χ0v) is 14.6. The molecule has 0 saturated carbocycles. The van der Waals surface area contributed by atoms with E-state index in [1.54, 1.807) is 0 Å². The van der Waals surface area contributed by atoms with Crippen molar-refractivity contribution in [3.8, 4) is 0 Å². The van der Waals surface area contributed by atoms with Crippen molar-refractivity contribution in [3.05, 3.63) is 55.7 Å². The first-order chi connectivity index (χ1) is 9.60. The minimum Gasteiger partial charge on any atom is -0.315 e. The third kappa shape index (κ3) is 4.16. The van der Waals surface area contributed by atoms with Crippen LogP contribution in [-0.2, 0) is 19.6 Å². The van der Waals surface area contributed by atoms with E-state index in [1.807, 2.05) is 18.4 Å². The lowest BCUT2D eigenvalue weighted by Gasteiger charge is -2.17. The van der Waals surface area contributed by atoms with Crippen LogP contribution in [0.1, 0.15) is 20.9 Å². The van der Waals surface area contributed by atoms with E-state index in [1.165, 1.54) is 25.4 Å². The molecule has 1 N–H and O–H groups in total. The Bertz CT molecular complexity index is 565. The number of hydrogen-bond acceptors (Lipinski definition) is 3. The number of benzene rings is 1. The van der Waals surface area contributed by atoms with Gasteiger partial charge in [0.15, 0.2) is 0 Å². The van der Waals surface area contributed by atoms with Crippen LogP contribution in [0, 0.1) is 6.92 Å². The quantitative estimate of drug-likeness (QED) is 0.839. The summed E-state index contributed by atoms with van der Waals surface area (Å²) >= 11 is 5.51. The summed E-state index contributed by atoms with van der Waals surface area (Å²) in [5.74, 6) is 0. The first-order valence-electron chi connectivity index (χ1n) is 6.75. The summed E-state index contributed by atoms with van der Waals surface area (Å²) in [4.78, 5) is 5.20. The van der Waals surface area contributed by atoms with E-state index in [2.05, 4.69) is 70.4 Å². The first-order valence-corrected chi connectivity index (χ1v) is 8.36. The summed E-state index contributed by atoms with van der Waals surface area (Å²) in [5.41, 5.74) is 2.77. The SMILES string of the molecule is CNCc1cc(CN(C)Cc2ccccc2Br)c(C)s1. The Morgan fingerprint density at radius 3 is 2.60 bits per heavy atom. The summed E-state index contributed by atoms with van der Waals surface area (Å²) in [7, 11) is 4.17. The Labute approximate surface area is 133 Å². The van der Waals surface area contributed by atoms with Gasteiger partial charge in [-0.3, -0.25) is 4.90 Å². The van der Waals surface area contributed by atoms with Crippen LogP contribution in [0.3, 0.4) is 0 Å². The lowest BCUT2D eigenvalue weighted by atomic mass is 10.2. The molecule has 108 valence electrons. The minimum absolute atomic E-state index is 0.956. The molecule has 0 aliphatic rings. The summed E-state index contributed by atoms with van der Waals surface area (Å²) in [6, 6.07) is 10.7. The van der Waals surface area contributed by atoms with Crippen molar-refractivity contribution >= 4 is 27.3 Å². The molecule has 0 unspecified atom stereocenters. The Hall–Kier alpha value is -0.680. The van der Waals surface area contributed by atoms with Gasteiger partial charge in [0.1, 0.15) is 0 Å². The van der Waals surface area contributed by atoms with Crippen LogP contribution >= 0.6 is 27.3 Å². The van der Waals surface area contributed by atoms with E-state index in [0.29, 0.717) is 0 Å². The van der Waals surface area contributed by atoms with E-state index in [0.717, 1.165) is 19.6 Å². The average Bonchev–Trinajstić information content (AvgIpc) is 2.73. The van der Waals surface area contributed by atoms with Gasteiger partial charge >= 0.3 is 0 Å². The van der Waals surface area contributed by atoms with Crippen LogP contribution in [-0.4, -0.2) is 19.0 Å². The fraction of sp³-hybridized carbons (Fsp3) is 0.375. The molecule has 2 rings (SSSR count). The molecule has 4 heteroatoms. The highest BCUT2D eigenvalue weighted by molar-refractivity contribution is 9.10. The van der Waals surface area contributed by atoms with Gasteiger partial charge in [-0.25, -0.2) is 0 Å². The topological polar surface area (TPSA) is 15.3 Å². The van der Waals surface area contributed by atoms with Crippen LogP contribution < -0.4 is 5.32 Å². The molecule has 20 heavy (non-hydrogen) atoms. The maximum Gasteiger partial charge on any atom is 0.0296 e. The van der Waals surface area contributed by atoms with Crippen molar-refractivity contribution in [1.29, 1.82) is 0 Å². The first kappa shape index (κ1) is 15.7. The largest absolute Gasteiger partial charge is 0.315 e. The maximum atomic E-state index is 3.62. The van der Waals surface area contributed by atoms with Gasteiger partial charge in [0.25, 0.3) is 0 Å².